The molecule has 1 aromatic heterocycles. The molecule has 4 heteroatoms. The Morgan fingerprint density at radius 1 is 1.31 bits per heavy atom. The topological polar surface area (TPSA) is 42.7 Å². The molecule has 0 saturated heterocycles. The summed E-state index contributed by atoms with van der Waals surface area (Å²) in [6, 6.07) is 0.404. The third kappa shape index (κ3) is 2.26. The maximum Gasteiger partial charge on any atom is 0.150 e. The number of unbranched alkanes of at least 4 members (excludes halogenated alkanes) is 2. The van der Waals surface area contributed by atoms with Crippen LogP contribution in [0.15, 0.2) is 0 Å². The van der Waals surface area contributed by atoms with Crippen molar-refractivity contribution in [3.05, 3.63) is 11.6 Å². The maximum atomic E-state index is 4.34. The average molecular weight is 222 g/mol. The SMILES string of the molecule is CCCCCc1nnc2n1CCNC2CC. The Kier molecular flexibility index (Phi) is 3.93. The number of fused-ring (bicyclic) bond motifs is 1. The molecule has 0 spiro atoms. The molecule has 2 heterocycles. The summed E-state index contributed by atoms with van der Waals surface area (Å²) in [4.78, 5) is 0. The largest absolute Gasteiger partial charge is 0.312 e. The minimum atomic E-state index is 0.404. The molecule has 1 aliphatic rings. The zero-order valence-electron chi connectivity index (χ0n) is 10.4. The van der Waals surface area contributed by atoms with Gasteiger partial charge in [-0.3, -0.25) is 0 Å². The standard InChI is InChI=1S/C12H22N4/c1-3-5-6-7-11-14-15-12-10(4-2)13-8-9-16(11)12/h10,13H,3-9H2,1-2H3. The van der Waals surface area contributed by atoms with Gasteiger partial charge >= 0.3 is 0 Å². The lowest BCUT2D eigenvalue weighted by atomic mass is 10.1. The van der Waals surface area contributed by atoms with E-state index in [0.717, 1.165) is 31.8 Å². The minimum Gasteiger partial charge on any atom is -0.312 e. The van der Waals surface area contributed by atoms with Crippen LogP contribution in [0.5, 0.6) is 0 Å². The Morgan fingerprint density at radius 3 is 2.94 bits per heavy atom. The van der Waals surface area contributed by atoms with Crippen LogP contribution in [0, 0.1) is 0 Å². The zero-order chi connectivity index (χ0) is 11.4. The maximum absolute atomic E-state index is 4.34. The number of nitrogens with one attached hydrogen (secondary N) is 1. The monoisotopic (exact) mass is 222 g/mol. The van der Waals surface area contributed by atoms with Gasteiger partial charge in [-0.25, -0.2) is 0 Å². The number of rotatable bonds is 5. The van der Waals surface area contributed by atoms with Crippen LogP contribution in [-0.4, -0.2) is 21.3 Å². The Morgan fingerprint density at radius 2 is 2.19 bits per heavy atom. The molecule has 0 aromatic carbocycles. The van der Waals surface area contributed by atoms with Gasteiger partial charge in [0.05, 0.1) is 6.04 Å². The van der Waals surface area contributed by atoms with Crippen LogP contribution in [-0.2, 0) is 13.0 Å². The summed E-state index contributed by atoms with van der Waals surface area (Å²) >= 11 is 0. The summed E-state index contributed by atoms with van der Waals surface area (Å²) in [5.74, 6) is 2.32. The van der Waals surface area contributed by atoms with Crippen molar-refractivity contribution in [1.82, 2.24) is 20.1 Å². The van der Waals surface area contributed by atoms with Crippen molar-refractivity contribution in [3.8, 4) is 0 Å². The molecule has 1 aromatic rings. The molecule has 0 bridgehead atoms. The Balaban J connectivity index is 2.07. The van der Waals surface area contributed by atoms with Crippen LogP contribution in [0.2, 0.25) is 0 Å². The second-order valence-corrected chi connectivity index (χ2v) is 4.50. The molecule has 1 N–H and O–H groups in total. The summed E-state index contributed by atoms with van der Waals surface area (Å²) in [5, 5.41) is 12.2. The van der Waals surface area contributed by atoms with E-state index >= 15 is 0 Å². The van der Waals surface area contributed by atoms with E-state index < -0.39 is 0 Å². The number of hydrogen-bond donors (Lipinski definition) is 1. The molecule has 1 unspecified atom stereocenters. The first-order valence-electron chi connectivity index (χ1n) is 6.52. The Hall–Kier alpha value is -0.900. The molecule has 0 aliphatic carbocycles. The third-order valence-corrected chi connectivity index (χ3v) is 3.31. The van der Waals surface area contributed by atoms with Crippen molar-refractivity contribution >= 4 is 0 Å². The summed E-state index contributed by atoms with van der Waals surface area (Å²) in [6.45, 7) is 6.50. The quantitative estimate of drug-likeness (QED) is 0.775. The first-order valence-corrected chi connectivity index (χ1v) is 6.52. The molecular formula is C12H22N4. The first kappa shape index (κ1) is 11.6. The second kappa shape index (κ2) is 5.43. The molecule has 4 nitrogen and oxygen atoms in total. The molecular weight excluding hydrogens is 200 g/mol. The molecule has 2 rings (SSSR count). The van der Waals surface area contributed by atoms with Crippen LogP contribution in [0.4, 0.5) is 0 Å². The van der Waals surface area contributed by atoms with Gasteiger partial charge in [0.1, 0.15) is 11.6 Å². The summed E-state index contributed by atoms with van der Waals surface area (Å²) < 4.78 is 2.32. The fourth-order valence-electron chi connectivity index (χ4n) is 2.34. The van der Waals surface area contributed by atoms with Crippen molar-refractivity contribution in [1.29, 1.82) is 0 Å². The van der Waals surface area contributed by atoms with Crippen LogP contribution in [0.3, 0.4) is 0 Å². The number of aryl methyl sites for hydroxylation is 1. The van der Waals surface area contributed by atoms with Gasteiger partial charge in [0.2, 0.25) is 0 Å². The first-order chi connectivity index (χ1) is 7.86. The highest BCUT2D eigenvalue weighted by molar-refractivity contribution is 5.04. The van der Waals surface area contributed by atoms with Gasteiger partial charge in [-0.1, -0.05) is 26.7 Å². The van der Waals surface area contributed by atoms with Crippen molar-refractivity contribution in [3.63, 3.8) is 0 Å². The van der Waals surface area contributed by atoms with E-state index in [2.05, 4.69) is 33.9 Å². The van der Waals surface area contributed by atoms with Crippen molar-refractivity contribution in [2.45, 2.75) is 58.5 Å². The van der Waals surface area contributed by atoms with Gasteiger partial charge in [0.15, 0.2) is 0 Å². The Labute approximate surface area is 97.5 Å². The van der Waals surface area contributed by atoms with Crippen LogP contribution >= 0.6 is 0 Å². The third-order valence-electron chi connectivity index (χ3n) is 3.31. The predicted molar refractivity (Wildman–Crippen MR) is 64.3 cm³/mol. The van der Waals surface area contributed by atoms with Crippen molar-refractivity contribution < 1.29 is 0 Å². The average Bonchev–Trinajstić information content (AvgIpc) is 2.73. The number of nitrogens with zero attached hydrogens (tertiary/aromatic N) is 3. The van der Waals surface area contributed by atoms with Crippen LogP contribution in [0.1, 0.15) is 57.2 Å². The van der Waals surface area contributed by atoms with Crippen LogP contribution < -0.4 is 5.32 Å². The highest BCUT2D eigenvalue weighted by Crippen LogP contribution is 2.19. The molecule has 1 atom stereocenters. The normalized spacial score (nSPS) is 19.8. The number of hydrogen-bond acceptors (Lipinski definition) is 3. The molecule has 1 aliphatic heterocycles. The lowest BCUT2D eigenvalue weighted by molar-refractivity contribution is 0.399. The molecule has 0 amide bonds. The molecule has 0 fully saturated rings. The van der Waals surface area contributed by atoms with Gasteiger partial charge in [-0.05, 0) is 12.8 Å². The lowest BCUT2D eigenvalue weighted by Gasteiger charge is -2.24. The summed E-state index contributed by atoms with van der Waals surface area (Å²) in [5.41, 5.74) is 0. The lowest BCUT2D eigenvalue weighted by Crippen LogP contribution is -2.33. The van der Waals surface area contributed by atoms with E-state index in [1.165, 1.54) is 25.1 Å². The zero-order valence-corrected chi connectivity index (χ0v) is 10.4. The van der Waals surface area contributed by atoms with Gasteiger partial charge in [-0.2, -0.15) is 0 Å². The second-order valence-electron chi connectivity index (χ2n) is 4.50. The predicted octanol–water partition coefficient (Wildman–Crippen LogP) is 2.07. The van der Waals surface area contributed by atoms with Crippen molar-refractivity contribution in [2.24, 2.45) is 0 Å². The molecule has 90 valence electrons. The molecule has 16 heavy (non-hydrogen) atoms. The smallest absolute Gasteiger partial charge is 0.150 e. The fraction of sp³-hybridized carbons (Fsp3) is 0.833. The van der Waals surface area contributed by atoms with Crippen LogP contribution in [0.25, 0.3) is 0 Å². The molecule has 0 saturated carbocycles. The van der Waals surface area contributed by atoms with Gasteiger partial charge in [0.25, 0.3) is 0 Å². The fourth-order valence-corrected chi connectivity index (χ4v) is 2.34. The highest BCUT2D eigenvalue weighted by Gasteiger charge is 2.22. The van der Waals surface area contributed by atoms with E-state index in [1.54, 1.807) is 0 Å². The van der Waals surface area contributed by atoms with Crippen molar-refractivity contribution in [2.75, 3.05) is 6.54 Å². The Bertz CT molecular complexity index is 332. The van der Waals surface area contributed by atoms with Gasteiger partial charge in [0, 0.05) is 19.5 Å². The summed E-state index contributed by atoms with van der Waals surface area (Å²) in [6.07, 6.45) is 5.96. The minimum absolute atomic E-state index is 0.404. The number of aromatic nitrogens is 3. The molecule has 0 radical (unpaired) electrons. The van der Waals surface area contributed by atoms with E-state index in [9.17, 15) is 0 Å². The highest BCUT2D eigenvalue weighted by atomic mass is 15.3. The van der Waals surface area contributed by atoms with E-state index in [1.807, 2.05) is 0 Å². The van der Waals surface area contributed by atoms with E-state index in [-0.39, 0.29) is 0 Å². The summed E-state index contributed by atoms with van der Waals surface area (Å²) in [7, 11) is 0. The van der Waals surface area contributed by atoms with E-state index in [4.69, 9.17) is 0 Å². The van der Waals surface area contributed by atoms with E-state index in [0.29, 0.717) is 6.04 Å². The van der Waals surface area contributed by atoms with Gasteiger partial charge < -0.3 is 9.88 Å². The van der Waals surface area contributed by atoms with Gasteiger partial charge in [-0.15, -0.1) is 10.2 Å².